The molecular weight excluding hydrogens is 288 g/mol. The van der Waals surface area contributed by atoms with Crippen LogP contribution in [0.5, 0.6) is 0 Å². The average Bonchev–Trinajstić information content (AvgIpc) is 2.47. The number of carbonyl (C=O) groups excluding carboxylic acids is 1. The van der Waals surface area contributed by atoms with Crippen molar-refractivity contribution in [1.29, 1.82) is 0 Å². The summed E-state index contributed by atoms with van der Waals surface area (Å²) < 4.78 is 0. The number of non-ortho nitro benzene ring substituents is 1. The molecule has 7 nitrogen and oxygen atoms in total. The van der Waals surface area contributed by atoms with Gasteiger partial charge in [-0.2, -0.15) is 0 Å². The number of nitrogens with one attached hydrogen (secondary N) is 1. The Hall–Kier alpha value is -2.70. The summed E-state index contributed by atoms with van der Waals surface area (Å²) in [5.41, 5.74) is 1.33. The van der Waals surface area contributed by atoms with Crippen molar-refractivity contribution in [3.8, 4) is 0 Å². The number of amides is 1. The predicted octanol–water partition coefficient (Wildman–Crippen LogP) is 2.59. The Morgan fingerprint density at radius 3 is 2.45 bits per heavy atom. The summed E-state index contributed by atoms with van der Waals surface area (Å²) in [5, 5.41) is 22.4. The van der Waals surface area contributed by atoms with Crippen molar-refractivity contribution in [3.05, 3.63) is 46.0 Å². The lowest BCUT2D eigenvalue weighted by Gasteiger charge is -2.26. The van der Waals surface area contributed by atoms with E-state index in [-0.39, 0.29) is 11.6 Å². The third kappa shape index (κ3) is 3.49. The zero-order valence-corrected chi connectivity index (χ0v) is 12.0. The van der Waals surface area contributed by atoms with Gasteiger partial charge in [0.25, 0.3) is 5.69 Å². The smallest absolute Gasteiger partial charge is 0.307 e. The van der Waals surface area contributed by atoms with Crippen molar-refractivity contribution >= 4 is 23.3 Å². The minimum Gasteiger partial charge on any atom is -0.481 e. The van der Waals surface area contributed by atoms with E-state index in [1.165, 1.54) is 24.3 Å². The Morgan fingerprint density at radius 1 is 1.27 bits per heavy atom. The zero-order valence-electron chi connectivity index (χ0n) is 12.0. The van der Waals surface area contributed by atoms with Gasteiger partial charge in [0.15, 0.2) is 0 Å². The van der Waals surface area contributed by atoms with Gasteiger partial charge >= 0.3 is 5.97 Å². The summed E-state index contributed by atoms with van der Waals surface area (Å²) >= 11 is 0. The fourth-order valence-electron chi connectivity index (χ4n) is 2.51. The van der Waals surface area contributed by atoms with Crippen LogP contribution in [-0.2, 0) is 9.59 Å². The van der Waals surface area contributed by atoms with Gasteiger partial charge in [-0.05, 0) is 31.9 Å². The number of nitrogens with zero attached hydrogens (tertiary/aromatic N) is 1. The molecule has 116 valence electrons. The number of carboxylic acids is 1. The number of carbonyl (C=O) groups is 2. The quantitative estimate of drug-likeness (QED) is 0.504. The molecular formula is C15H16N2O5. The topological polar surface area (TPSA) is 110 Å². The summed E-state index contributed by atoms with van der Waals surface area (Å²) in [6.07, 6.45) is 2.57. The molecule has 1 amide bonds. The Labute approximate surface area is 126 Å². The van der Waals surface area contributed by atoms with Crippen molar-refractivity contribution in [2.75, 3.05) is 5.32 Å². The van der Waals surface area contributed by atoms with Crippen LogP contribution in [-0.4, -0.2) is 21.9 Å². The lowest BCUT2D eigenvalue weighted by Crippen LogP contribution is -2.35. The normalized spacial score (nSPS) is 20.9. The van der Waals surface area contributed by atoms with Crippen LogP contribution in [0.2, 0.25) is 0 Å². The second-order valence-electron chi connectivity index (χ2n) is 5.33. The first-order chi connectivity index (χ1) is 10.4. The molecule has 7 heteroatoms. The number of hydrogen-bond donors (Lipinski definition) is 2. The van der Waals surface area contributed by atoms with Gasteiger partial charge in [0.2, 0.25) is 5.91 Å². The molecule has 0 aliphatic heterocycles. The fraction of sp³-hybridized carbons (Fsp3) is 0.333. The van der Waals surface area contributed by atoms with Gasteiger partial charge in [-0.3, -0.25) is 19.7 Å². The Bertz CT molecular complexity index is 636. The standard InChI is InChI=1S/C15H16N2O5/c1-9-2-7-12(15(19)20)13(8-9)14(18)16-10-3-5-11(6-4-10)17(21)22/h2-6,12-13H,7-8H2,1H3,(H,16,18)(H,19,20)/t12-,13-/m1/s1. The van der Waals surface area contributed by atoms with E-state index in [1.807, 2.05) is 13.0 Å². The molecule has 0 unspecified atom stereocenters. The molecule has 2 rings (SSSR count). The Kier molecular flexibility index (Phi) is 4.55. The van der Waals surface area contributed by atoms with Crippen molar-refractivity contribution in [1.82, 2.24) is 0 Å². The molecule has 0 saturated carbocycles. The van der Waals surface area contributed by atoms with Crippen molar-refractivity contribution < 1.29 is 19.6 Å². The van der Waals surface area contributed by atoms with E-state index in [2.05, 4.69) is 5.32 Å². The highest BCUT2D eigenvalue weighted by molar-refractivity contribution is 5.95. The molecule has 22 heavy (non-hydrogen) atoms. The first-order valence-electron chi connectivity index (χ1n) is 6.82. The molecule has 0 spiro atoms. The Morgan fingerprint density at radius 2 is 1.91 bits per heavy atom. The lowest BCUT2D eigenvalue weighted by atomic mass is 9.79. The van der Waals surface area contributed by atoms with Gasteiger partial charge in [0, 0.05) is 17.8 Å². The van der Waals surface area contributed by atoms with E-state index < -0.39 is 22.7 Å². The number of benzene rings is 1. The highest BCUT2D eigenvalue weighted by Gasteiger charge is 2.35. The minimum atomic E-state index is -0.993. The molecule has 1 aromatic rings. The van der Waals surface area contributed by atoms with Crippen LogP contribution in [0.25, 0.3) is 0 Å². The van der Waals surface area contributed by atoms with Crippen LogP contribution in [0.4, 0.5) is 11.4 Å². The summed E-state index contributed by atoms with van der Waals surface area (Å²) in [5.74, 6) is -2.76. The second kappa shape index (κ2) is 6.38. The molecule has 2 N–H and O–H groups in total. The molecule has 0 saturated heterocycles. The average molecular weight is 304 g/mol. The van der Waals surface area contributed by atoms with E-state index in [0.717, 1.165) is 5.57 Å². The molecule has 0 radical (unpaired) electrons. The lowest BCUT2D eigenvalue weighted by molar-refractivity contribution is -0.384. The van der Waals surface area contributed by atoms with Gasteiger partial charge in [-0.15, -0.1) is 0 Å². The monoisotopic (exact) mass is 304 g/mol. The van der Waals surface area contributed by atoms with E-state index in [9.17, 15) is 24.8 Å². The third-order valence-electron chi connectivity index (χ3n) is 3.75. The maximum absolute atomic E-state index is 12.3. The Balaban J connectivity index is 2.11. The maximum atomic E-state index is 12.3. The van der Waals surface area contributed by atoms with Crippen LogP contribution in [0, 0.1) is 22.0 Å². The van der Waals surface area contributed by atoms with Gasteiger partial charge < -0.3 is 10.4 Å². The van der Waals surface area contributed by atoms with Crippen molar-refractivity contribution in [3.63, 3.8) is 0 Å². The number of nitro groups is 1. The predicted molar refractivity (Wildman–Crippen MR) is 79.3 cm³/mol. The highest BCUT2D eigenvalue weighted by Crippen LogP contribution is 2.31. The van der Waals surface area contributed by atoms with Gasteiger partial charge in [0.1, 0.15) is 0 Å². The highest BCUT2D eigenvalue weighted by atomic mass is 16.6. The number of rotatable bonds is 4. The summed E-state index contributed by atoms with van der Waals surface area (Å²) in [4.78, 5) is 33.6. The zero-order chi connectivity index (χ0) is 16.3. The number of aliphatic carboxylic acids is 1. The molecule has 1 aliphatic carbocycles. The third-order valence-corrected chi connectivity index (χ3v) is 3.75. The SMILES string of the molecule is CC1=CC[C@@H](C(=O)O)[C@H](C(=O)Nc2ccc([N+](=O)[O-])cc2)C1. The summed E-state index contributed by atoms with van der Waals surface area (Å²) in [6.45, 7) is 1.87. The molecule has 1 aromatic carbocycles. The van der Waals surface area contributed by atoms with E-state index in [4.69, 9.17) is 0 Å². The second-order valence-corrected chi connectivity index (χ2v) is 5.33. The van der Waals surface area contributed by atoms with Crippen molar-refractivity contribution in [2.24, 2.45) is 11.8 Å². The number of allylic oxidation sites excluding steroid dienone is 2. The molecule has 0 aromatic heterocycles. The van der Waals surface area contributed by atoms with Gasteiger partial charge in [-0.1, -0.05) is 11.6 Å². The van der Waals surface area contributed by atoms with E-state index >= 15 is 0 Å². The number of anilines is 1. The van der Waals surface area contributed by atoms with Gasteiger partial charge in [0.05, 0.1) is 16.8 Å². The molecule has 0 fully saturated rings. The molecule has 0 bridgehead atoms. The van der Waals surface area contributed by atoms with Crippen LogP contribution in [0.1, 0.15) is 19.8 Å². The van der Waals surface area contributed by atoms with Crippen LogP contribution in [0.15, 0.2) is 35.9 Å². The summed E-state index contributed by atoms with van der Waals surface area (Å²) in [6, 6.07) is 5.43. The molecule has 2 atom stereocenters. The van der Waals surface area contributed by atoms with Crippen LogP contribution >= 0.6 is 0 Å². The number of hydrogen-bond acceptors (Lipinski definition) is 4. The maximum Gasteiger partial charge on any atom is 0.307 e. The molecule has 1 aliphatic rings. The number of nitro benzene ring substituents is 1. The summed E-state index contributed by atoms with van der Waals surface area (Å²) in [7, 11) is 0. The van der Waals surface area contributed by atoms with E-state index in [1.54, 1.807) is 0 Å². The van der Waals surface area contributed by atoms with Crippen molar-refractivity contribution in [2.45, 2.75) is 19.8 Å². The largest absolute Gasteiger partial charge is 0.481 e. The first-order valence-corrected chi connectivity index (χ1v) is 6.82. The number of carboxylic acid groups (broad SMARTS) is 1. The molecule has 0 heterocycles. The first kappa shape index (κ1) is 15.7. The minimum absolute atomic E-state index is 0.0714. The van der Waals surface area contributed by atoms with Gasteiger partial charge in [-0.25, -0.2) is 0 Å². The fourth-order valence-corrected chi connectivity index (χ4v) is 2.51. The van der Waals surface area contributed by atoms with Crippen LogP contribution in [0.3, 0.4) is 0 Å². The van der Waals surface area contributed by atoms with E-state index in [0.29, 0.717) is 18.5 Å². The van der Waals surface area contributed by atoms with Crippen LogP contribution < -0.4 is 5.32 Å².